The average Bonchev–Trinajstić information content (AvgIpc) is 2.17. The summed E-state index contributed by atoms with van der Waals surface area (Å²) in [5, 5.41) is 9.22. The first kappa shape index (κ1) is 10.9. The van der Waals surface area contributed by atoms with Gasteiger partial charge in [0.15, 0.2) is 6.29 Å². The predicted octanol–water partition coefficient (Wildman–Crippen LogP) is 2.23. The molecule has 0 radical (unpaired) electrons. The van der Waals surface area contributed by atoms with E-state index < -0.39 is 0 Å². The summed E-state index contributed by atoms with van der Waals surface area (Å²) in [5.74, 6) is 0. The number of rotatable bonds is 2. The highest BCUT2D eigenvalue weighted by molar-refractivity contribution is 5.81. The molecule has 2 heteroatoms. The van der Waals surface area contributed by atoms with Gasteiger partial charge in [0.1, 0.15) is 0 Å². The Morgan fingerprint density at radius 2 is 1.43 bits per heavy atom. The van der Waals surface area contributed by atoms with E-state index in [-0.39, 0.29) is 6.61 Å². The van der Waals surface area contributed by atoms with Crippen LogP contribution < -0.4 is 0 Å². The van der Waals surface area contributed by atoms with E-state index in [2.05, 4.69) is 0 Å². The van der Waals surface area contributed by atoms with Gasteiger partial charge in [-0.15, -0.1) is 0 Å². The van der Waals surface area contributed by atoms with Crippen LogP contribution in [0, 0.1) is 27.7 Å². The molecule has 0 unspecified atom stereocenters. The second-order valence-electron chi connectivity index (χ2n) is 3.67. The lowest BCUT2D eigenvalue weighted by Crippen LogP contribution is -2.04. The number of aliphatic hydroxyl groups excluding tert-OH is 1. The first-order valence-corrected chi connectivity index (χ1v) is 4.69. The number of carbonyl (C=O) groups excluding carboxylic acids is 1. The van der Waals surface area contributed by atoms with Gasteiger partial charge < -0.3 is 5.11 Å². The minimum absolute atomic E-state index is 0.0402. The van der Waals surface area contributed by atoms with Crippen molar-refractivity contribution in [2.45, 2.75) is 34.3 Å². The number of hydrogen-bond donors (Lipinski definition) is 1. The molecule has 0 saturated heterocycles. The van der Waals surface area contributed by atoms with Gasteiger partial charge in [-0.05, 0) is 55.5 Å². The monoisotopic (exact) mass is 192 g/mol. The first-order valence-electron chi connectivity index (χ1n) is 4.69. The summed E-state index contributed by atoms with van der Waals surface area (Å²) in [6.07, 6.45) is 0.895. The van der Waals surface area contributed by atoms with Crippen molar-refractivity contribution in [3.8, 4) is 0 Å². The third-order valence-electron chi connectivity index (χ3n) is 3.11. The van der Waals surface area contributed by atoms with Crippen LogP contribution in [0.3, 0.4) is 0 Å². The summed E-state index contributed by atoms with van der Waals surface area (Å²) in [7, 11) is 0. The SMILES string of the molecule is Cc1c(C)c(CO)c(C)c(C)c1C=O. The molecule has 0 heterocycles. The Labute approximate surface area is 84.6 Å². The van der Waals surface area contributed by atoms with Crippen LogP contribution >= 0.6 is 0 Å². The van der Waals surface area contributed by atoms with Crippen LogP contribution in [-0.2, 0) is 6.61 Å². The Kier molecular flexibility index (Phi) is 3.06. The van der Waals surface area contributed by atoms with Gasteiger partial charge in [-0.25, -0.2) is 0 Å². The fourth-order valence-corrected chi connectivity index (χ4v) is 1.83. The second kappa shape index (κ2) is 3.93. The van der Waals surface area contributed by atoms with Crippen LogP contribution in [0.1, 0.15) is 38.2 Å². The van der Waals surface area contributed by atoms with Crippen molar-refractivity contribution >= 4 is 6.29 Å². The van der Waals surface area contributed by atoms with Crippen LogP contribution in [0.25, 0.3) is 0 Å². The lowest BCUT2D eigenvalue weighted by molar-refractivity contribution is 0.112. The lowest BCUT2D eigenvalue weighted by atomic mass is 9.90. The number of benzene rings is 1. The van der Waals surface area contributed by atoms with E-state index in [1.807, 2.05) is 27.7 Å². The maximum atomic E-state index is 10.9. The predicted molar refractivity (Wildman–Crippen MR) is 56.7 cm³/mol. The van der Waals surface area contributed by atoms with Crippen LogP contribution in [-0.4, -0.2) is 11.4 Å². The van der Waals surface area contributed by atoms with E-state index in [1.54, 1.807) is 0 Å². The summed E-state index contributed by atoms with van der Waals surface area (Å²) in [6.45, 7) is 7.77. The van der Waals surface area contributed by atoms with E-state index in [1.165, 1.54) is 0 Å². The highest BCUT2D eigenvalue weighted by Crippen LogP contribution is 2.25. The largest absolute Gasteiger partial charge is 0.392 e. The molecular weight excluding hydrogens is 176 g/mol. The van der Waals surface area contributed by atoms with Gasteiger partial charge in [-0.1, -0.05) is 0 Å². The molecule has 0 bridgehead atoms. The Morgan fingerprint density at radius 1 is 1.00 bits per heavy atom. The van der Waals surface area contributed by atoms with E-state index in [4.69, 9.17) is 0 Å². The molecule has 0 aliphatic heterocycles. The fourth-order valence-electron chi connectivity index (χ4n) is 1.83. The van der Waals surface area contributed by atoms with Gasteiger partial charge >= 0.3 is 0 Å². The Morgan fingerprint density at radius 3 is 1.71 bits per heavy atom. The van der Waals surface area contributed by atoms with Crippen molar-refractivity contribution in [1.82, 2.24) is 0 Å². The molecule has 76 valence electrons. The first-order chi connectivity index (χ1) is 6.54. The van der Waals surface area contributed by atoms with Gasteiger partial charge in [0.2, 0.25) is 0 Å². The van der Waals surface area contributed by atoms with Gasteiger partial charge in [-0.2, -0.15) is 0 Å². The maximum Gasteiger partial charge on any atom is 0.150 e. The molecule has 1 aromatic rings. The smallest absolute Gasteiger partial charge is 0.150 e. The van der Waals surface area contributed by atoms with E-state index in [9.17, 15) is 9.90 Å². The molecular formula is C12H16O2. The zero-order valence-electron chi connectivity index (χ0n) is 9.14. The molecule has 2 nitrogen and oxygen atoms in total. The minimum Gasteiger partial charge on any atom is -0.392 e. The zero-order chi connectivity index (χ0) is 10.9. The quantitative estimate of drug-likeness (QED) is 0.729. The van der Waals surface area contributed by atoms with Crippen LogP contribution in [0.2, 0.25) is 0 Å². The molecule has 1 aromatic carbocycles. The van der Waals surface area contributed by atoms with Crippen LogP contribution in [0.5, 0.6) is 0 Å². The van der Waals surface area contributed by atoms with Crippen LogP contribution in [0.15, 0.2) is 0 Å². The lowest BCUT2D eigenvalue weighted by Gasteiger charge is -2.16. The van der Waals surface area contributed by atoms with Crippen molar-refractivity contribution < 1.29 is 9.90 Å². The van der Waals surface area contributed by atoms with Gasteiger partial charge in [-0.3, -0.25) is 4.79 Å². The summed E-state index contributed by atoms with van der Waals surface area (Å²) in [6, 6.07) is 0. The van der Waals surface area contributed by atoms with E-state index >= 15 is 0 Å². The molecule has 0 spiro atoms. The summed E-state index contributed by atoms with van der Waals surface area (Å²) in [5.41, 5.74) is 5.72. The molecule has 0 aromatic heterocycles. The normalized spacial score (nSPS) is 10.4. The highest BCUT2D eigenvalue weighted by Gasteiger charge is 2.12. The molecule has 1 N–H and O–H groups in total. The molecule has 1 rings (SSSR count). The topological polar surface area (TPSA) is 37.3 Å². The zero-order valence-corrected chi connectivity index (χ0v) is 9.14. The van der Waals surface area contributed by atoms with E-state index in [0.29, 0.717) is 0 Å². The number of aliphatic hydroxyl groups is 1. The van der Waals surface area contributed by atoms with Crippen molar-refractivity contribution in [1.29, 1.82) is 0 Å². The maximum absolute atomic E-state index is 10.9. The van der Waals surface area contributed by atoms with Crippen molar-refractivity contribution in [3.05, 3.63) is 33.4 Å². The summed E-state index contributed by atoms with van der Waals surface area (Å²) >= 11 is 0. The Balaban J connectivity index is 3.63. The fraction of sp³-hybridized carbons (Fsp3) is 0.417. The molecule has 0 aliphatic carbocycles. The van der Waals surface area contributed by atoms with Crippen LogP contribution in [0.4, 0.5) is 0 Å². The van der Waals surface area contributed by atoms with Gasteiger partial charge in [0, 0.05) is 5.56 Å². The average molecular weight is 192 g/mol. The Bertz CT molecular complexity index is 349. The standard InChI is InChI=1S/C12H16O2/c1-7-8(2)12(6-14)10(4)9(3)11(7)5-13/h5,14H,6H2,1-4H3. The number of carbonyl (C=O) groups is 1. The highest BCUT2D eigenvalue weighted by atomic mass is 16.3. The molecule has 0 atom stereocenters. The molecule has 0 fully saturated rings. The molecule has 0 amide bonds. The Hall–Kier alpha value is -1.15. The molecule has 0 saturated carbocycles. The third kappa shape index (κ3) is 1.46. The van der Waals surface area contributed by atoms with Gasteiger partial charge in [0.05, 0.1) is 6.61 Å². The number of hydrogen-bond acceptors (Lipinski definition) is 2. The molecule has 0 aliphatic rings. The summed E-state index contributed by atoms with van der Waals surface area (Å²) < 4.78 is 0. The van der Waals surface area contributed by atoms with Crippen molar-refractivity contribution in [3.63, 3.8) is 0 Å². The summed E-state index contributed by atoms with van der Waals surface area (Å²) in [4.78, 5) is 10.9. The minimum atomic E-state index is 0.0402. The third-order valence-corrected chi connectivity index (χ3v) is 3.11. The second-order valence-corrected chi connectivity index (χ2v) is 3.67. The van der Waals surface area contributed by atoms with Crippen molar-refractivity contribution in [2.24, 2.45) is 0 Å². The molecule has 14 heavy (non-hydrogen) atoms. The van der Waals surface area contributed by atoms with Gasteiger partial charge in [0.25, 0.3) is 0 Å². The number of aldehydes is 1. The van der Waals surface area contributed by atoms with E-state index in [0.717, 1.165) is 39.7 Å². The van der Waals surface area contributed by atoms with Crippen molar-refractivity contribution in [2.75, 3.05) is 0 Å².